The van der Waals surface area contributed by atoms with Crippen molar-refractivity contribution in [2.24, 2.45) is 0 Å². The Bertz CT molecular complexity index is 372. The van der Waals surface area contributed by atoms with E-state index in [0.29, 0.717) is 5.25 Å². The van der Waals surface area contributed by atoms with E-state index in [1.54, 1.807) is 0 Å². The lowest BCUT2D eigenvalue weighted by Gasteiger charge is -2.25. The first-order valence-electron chi connectivity index (χ1n) is 6.79. The topological polar surface area (TPSA) is 54.2 Å². The summed E-state index contributed by atoms with van der Waals surface area (Å²) in [4.78, 5) is 6.93. The summed E-state index contributed by atoms with van der Waals surface area (Å²) in [5.41, 5.74) is 0. The van der Waals surface area contributed by atoms with Crippen molar-refractivity contribution >= 4 is 11.8 Å². The summed E-state index contributed by atoms with van der Waals surface area (Å²) in [6.07, 6.45) is 3.81. The van der Waals surface area contributed by atoms with Crippen LogP contribution in [-0.4, -0.2) is 47.0 Å². The van der Waals surface area contributed by atoms with Crippen molar-refractivity contribution in [2.45, 2.75) is 31.1 Å². The summed E-state index contributed by atoms with van der Waals surface area (Å²) in [5.74, 6) is 2.91. The first kappa shape index (κ1) is 12.4. The van der Waals surface area contributed by atoms with E-state index in [0.717, 1.165) is 44.4 Å². The number of nitrogens with one attached hydrogen (secondary N) is 1. The monoisotopic (exact) mass is 268 g/mol. The molecule has 1 N–H and O–H groups in total. The SMILES string of the molecule is C1CCC(c2noc(CN3CCNCC3)n2)SC1. The van der Waals surface area contributed by atoms with Gasteiger partial charge in [-0.25, -0.2) is 0 Å². The van der Waals surface area contributed by atoms with Crippen LogP contribution in [0.15, 0.2) is 4.52 Å². The molecular weight excluding hydrogens is 248 g/mol. The number of nitrogens with zero attached hydrogens (tertiary/aromatic N) is 3. The molecule has 1 atom stereocenters. The van der Waals surface area contributed by atoms with Crippen LogP contribution in [0.25, 0.3) is 0 Å². The van der Waals surface area contributed by atoms with E-state index in [1.807, 2.05) is 11.8 Å². The van der Waals surface area contributed by atoms with Crippen LogP contribution in [0.5, 0.6) is 0 Å². The minimum absolute atomic E-state index is 0.458. The molecule has 0 radical (unpaired) electrons. The molecule has 18 heavy (non-hydrogen) atoms. The van der Waals surface area contributed by atoms with Gasteiger partial charge in [0.15, 0.2) is 5.82 Å². The first-order valence-corrected chi connectivity index (χ1v) is 7.84. The summed E-state index contributed by atoms with van der Waals surface area (Å²) in [6, 6.07) is 0. The van der Waals surface area contributed by atoms with E-state index in [1.165, 1.54) is 25.0 Å². The molecule has 0 aliphatic carbocycles. The van der Waals surface area contributed by atoms with Gasteiger partial charge in [0.05, 0.1) is 11.8 Å². The van der Waals surface area contributed by atoms with Gasteiger partial charge >= 0.3 is 0 Å². The third-order valence-electron chi connectivity index (χ3n) is 3.52. The maximum Gasteiger partial charge on any atom is 0.240 e. The molecule has 6 heteroatoms. The highest BCUT2D eigenvalue weighted by Crippen LogP contribution is 2.36. The zero-order valence-electron chi connectivity index (χ0n) is 10.6. The molecule has 0 aromatic carbocycles. The van der Waals surface area contributed by atoms with Crippen molar-refractivity contribution in [3.05, 3.63) is 11.7 Å². The van der Waals surface area contributed by atoms with Crippen LogP contribution in [0, 0.1) is 0 Å². The van der Waals surface area contributed by atoms with Gasteiger partial charge in [-0.05, 0) is 18.6 Å². The largest absolute Gasteiger partial charge is 0.338 e. The Morgan fingerprint density at radius 1 is 1.33 bits per heavy atom. The highest BCUT2D eigenvalue weighted by atomic mass is 32.2. The van der Waals surface area contributed by atoms with E-state index in [-0.39, 0.29) is 0 Å². The Hall–Kier alpha value is -0.590. The molecule has 2 aliphatic rings. The Morgan fingerprint density at radius 3 is 3.00 bits per heavy atom. The molecule has 5 nitrogen and oxygen atoms in total. The fraction of sp³-hybridized carbons (Fsp3) is 0.833. The smallest absolute Gasteiger partial charge is 0.240 e. The van der Waals surface area contributed by atoms with E-state index in [9.17, 15) is 0 Å². The molecule has 1 aromatic rings. The van der Waals surface area contributed by atoms with Crippen LogP contribution in [0.3, 0.4) is 0 Å². The zero-order chi connectivity index (χ0) is 12.2. The molecular formula is C12H20N4OS. The Morgan fingerprint density at radius 2 is 2.22 bits per heavy atom. The molecule has 2 aliphatic heterocycles. The van der Waals surface area contributed by atoms with Crippen LogP contribution in [0.4, 0.5) is 0 Å². The number of piperazine rings is 1. The number of aromatic nitrogens is 2. The molecule has 0 saturated carbocycles. The lowest BCUT2D eigenvalue weighted by Crippen LogP contribution is -2.42. The van der Waals surface area contributed by atoms with E-state index in [2.05, 4.69) is 20.4 Å². The third-order valence-corrected chi connectivity index (χ3v) is 4.89. The Kier molecular flexibility index (Phi) is 4.17. The summed E-state index contributed by atoms with van der Waals surface area (Å²) in [6.45, 7) is 5.04. The lowest BCUT2D eigenvalue weighted by molar-refractivity contribution is 0.203. The average molecular weight is 268 g/mol. The van der Waals surface area contributed by atoms with Crippen LogP contribution in [-0.2, 0) is 6.54 Å². The van der Waals surface area contributed by atoms with Gasteiger partial charge in [-0.3, -0.25) is 4.90 Å². The maximum atomic E-state index is 5.38. The van der Waals surface area contributed by atoms with Crippen molar-refractivity contribution in [1.29, 1.82) is 0 Å². The van der Waals surface area contributed by atoms with Crippen LogP contribution in [0.1, 0.15) is 36.2 Å². The highest BCUT2D eigenvalue weighted by Gasteiger charge is 2.22. The number of rotatable bonds is 3. The second-order valence-corrected chi connectivity index (χ2v) is 6.24. The van der Waals surface area contributed by atoms with E-state index in [4.69, 9.17) is 4.52 Å². The number of hydrogen-bond acceptors (Lipinski definition) is 6. The van der Waals surface area contributed by atoms with E-state index < -0.39 is 0 Å². The van der Waals surface area contributed by atoms with Crippen molar-refractivity contribution in [2.75, 3.05) is 31.9 Å². The molecule has 0 amide bonds. The van der Waals surface area contributed by atoms with Gasteiger partial charge in [-0.1, -0.05) is 11.6 Å². The molecule has 1 aromatic heterocycles. The maximum absolute atomic E-state index is 5.38. The van der Waals surface area contributed by atoms with Gasteiger partial charge in [-0.15, -0.1) is 0 Å². The number of hydrogen-bond donors (Lipinski definition) is 1. The predicted octanol–water partition coefficient (Wildman–Crippen LogP) is 1.43. The molecule has 2 saturated heterocycles. The molecule has 2 fully saturated rings. The fourth-order valence-corrected chi connectivity index (χ4v) is 3.70. The predicted molar refractivity (Wildman–Crippen MR) is 71.5 cm³/mol. The normalized spacial score (nSPS) is 26.3. The average Bonchev–Trinajstić information content (AvgIpc) is 2.89. The Balaban J connectivity index is 1.58. The standard InChI is InChI=1S/C12H20N4OS/c1-2-8-18-10(3-1)12-14-11(17-15-12)9-16-6-4-13-5-7-16/h10,13H,1-9H2. The summed E-state index contributed by atoms with van der Waals surface area (Å²) in [5, 5.41) is 7.96. The van der Waals surface area contributed by atoms with Gasteiger partial charge in [0.2, 0.25) is 5.89 Å². The lowest BCUT2D eigenvalue weighted by atomic mass is 10.2. The van der Waals surface area contributed by atoms with Gasteiger partial charge in [-0.2, -0.15) is 16.7 Å². The fourth-order valence-electron chi connectivity index (χ4n) is 2.47. The molecule has 100 valence electrons. The van der Waals surface area contributed by atoms with Gasteiger partial charge in [0, 0.05) is 26.2 Å². The van der Waals surface area contributed by atoms with Crippen molar-refractivity contribution in [3.8, 4) is 0 Å². The summed E-state index contributed by atoms with van der Waals surface area (Å²) in [7, 11) is 0. The van der Waals surface area contributed by atoms with Crippen molar-refractivity contribution in [1.82, 2.24) is 20.4 Å². The first-order chi connectivity index (χ1) is 8.92. The Labute approximate surface area is 112 Å². The third kappa shape index (κ3) is 3.05. The second-order valence-electron chi connectivity index (χ2n) is 4.93. The molecule has 3 rings (SSSR count). The molecule has 0 spiro atoms. The van der Waals surface area contributed by atoms with Crippen molar-refractivity contribution < 1.29 is 4.52 Å². The van der Waals surface area contributed by atoms with Crippen LogP contribution < -0.4 is 5.32 Å². The quantitative estimate of drug-likeness (QED) is 0.895. The van der Waals surface area contributed by atoms with Crippen LogP contribution >= 0.6 is 11.8 Å². The second kappa shape index (κ2) is 6.04. The minimum atomic E-state index is 0.458. The summed E-state index contributed by atoms with van der Waals surface area (Å²) >= 11 is 1.97. The number of thioether (sulfide) groups is 1. The van der Waals surface area contributed by atoms with Crippen molar-refractivity contribution in [3.63, 3.8) is 0 Å². The molecule has 1 unspecified atom stereocenters. The molecule has 0 bridgehead atoms. The minimum Gasteiger partial charge on any atom is -0.338 e. The van der Waals surface area contributed by atoms with Gasteiger partial charge in [0.1, 0.15) is 0 Å². The molecule has 3 heterocycles. The zero-order valence-corrected chi connectivity index (χ0v) is 11.4. The summed E-state index contributed by atoms with van der Waals surface area (Å²) < 4.78 is 5.38. The highest BCUT2D eigenvalue weighted by molar-refractivity contribution is 7.99. The van der Waals surface area contributed by atoms with Gasteiger partial charge < -0.3 is 9.84 Å². The van der Waals surface area contributed by atoms with Crippen LogP contribution in [0.2, 0.25) is 0 Å². The van der Waals surface area contributed by atoms with Gasteiger partial charge in [0.25, 0.3) is 0 Å². The van der Waals surface area contributed by atoms with E-state index >= 15 is 0 Å².